The van der Waals surface area contributed by atoms with Crippen LogP contribution in [-0.2, 0) is 11.3 Å². The Morgan fingerprint density at radius 1 is 0.964 bits per heavy atom. The minimum Gasteiger partial charge on any atom is -0.490 e. The minimum atomic E-state index is -0.348. The van der Waals surface area contributed by atoms with Gasteiger partial charge in [0.1, 0.15) is 24.7 Å². The number of para-hydroxylation sites is 1. The van der Waals surface area contributed by atoms with Crippen molar-refractivity contribution in [2.24, 2.45) is 5.92 Å². The molecule has 28 heavy (non-hydrogen) atoms. The smallest absolute Gasteiger partial charge is 0.338 e. The lowest BCUT2D eigenvalue weighted by atomic mass is 9.90. The van der Waals surface area contributed by atoms with E-state index in [0.29, 0.717) is 42.6 Å². The standard InChI is InChI=1S/C23H28O5/c24-16-20-15-19(23(25)28-17-18-7-3-1-4-8-18)11-12-22(20)27-14-13-26-21-9-5-2-6-10-21/h2,5-6,9-12,15,18,24H,1,3-4,7-8,13-14,16-17H2. The minimum absolute atomic E-state index is 0.210. The molecule has 1 fully saturated rings. The molecule has 0 atom stereocenters. The van der Waals surface area contributed by atoms with Gasteiger partial charge in [-0.1, -0.05) is 37.5 Å². The first-order valence-corrected chi connectivity index (χ1v) is 9.98. The summed E-state index contributed by atoms with van der Waals surface area (Å²) in [4.78, 5) is 12.3. The Kier molecular flexibility index (Phi) is 7.73. The van der Waals surface area contributed by atoms with Gasteiger partial charge in [0.25, 0.3) is 0 Å². The van der Waals surface area contributed by atoms with Crippen molar-refractivity contribution in [1.82, 2.24) is 0 Å². The summed E-state index contributed by atoms with van der Waals surface area (Å²) in [7, 11) is 0. The molecule has 0 aromatic heterocycles. The van der Waals surface area contributed by atoms with E-state index in [9.17, 15) is 9.90 Å². The Bertz CT molecular complexity index is 738. The lowest BCUT2D eigenvalue weighted by molar-refractivity contribution is 0.0410. The Morgan fingerprint density at radius 3 is 2.46 bits per heavy atom. The largest absolute Gasteiger partial charge is 0.490 e. The average molecular weight is 384 g/mol. The van der Waals surface area contributed by atoms with Crippen molar-refractivity contribution in [2.75, 3.05) is 19.8 Å². The summed E-state index contributed by atoms with van der Waals surface area (Å²) in [5.74, 6) is 1.45. The summed E-state index contributed by atoms with van der Waals surface area (Å²) in [6.45, 7) is 0.994. The molecule has 2 aromatic carbocycles. The Hall–Kier alpha value is -2.53. The zero-order valence-corrected chi connectivity index (χ0v) is 16.1. The molecule has 0 heterocycles. The molecule has 1 aliphatic rings. The Balaban J connectivity index is 1.48. The maximum absolute atomic E-state index is 12.3. The number of rotatable bonds is 9. The molecular formula is C23H28O5. The molecule has 5 heteroatoms. The summed E-state index contributed by atoms with van der Waals surface area (Å²) in [6.07, 6.45) is 5.98. The molecule has 1 N–H and O–H groups in total. The van der Waals surface area contributed by atoms with Crippen LogP contribution in [0.2, 0.25) is 0 Å². The van der Waals surface area contributed by atoms with Gasteiger partial charge in [0.2, 0.25) is 0 Å². The number of ether oxygens (including phenoxy) is 3. The van der Waals surface area contributed by atoms with Crippen LogP contribution in [0.25, 0.3) is 0 Å². The van der Waals surface area contributed by atoms with Crippen molar-refractivity contribution in [3.05, 3.63) is 59.7 Å². The molecule has 0 saturated heterocycles. The van der Waals surface area contributed by atoms with Crippen molar-refractivity contribution in [2.45, 2.75) is 38.7 Å². The molecule has 1 aliphatic carbocycles. The summed E-state index contributed by atoms with van der Waals surface area (Å²) >= 11 is 0. The first-order chi connectivity index (χ1) is 13.8. The van der Waals surface area contributed by atoms with E-state index in [2.05, 4.69) is 0 Å². The van der Waals surface area contributed by atoms with Crippen LogP contribution < -0.4 is 9.47 Å². The number of carbonyl (C=O) groups excluding carboxylic acids is 1. The average Bonchev–Trinajstić information content (AvgIpc) is 2.76. The highest BCUT2D eigenvalue weighted by Gasteiger charge is 2.17. The monoisotopic (exact) mass is 384 g/mol. The summed E-state index contributed by atoms with van der Waals surface area (Å²) in [5, 5.41) is 9.63. The van der Waals surface area contributed by atoms with Crippen LogP contribution in [0.15, 0.2) is 48.5 Å². The van der Waals surface area contributed by atoms with E-state index >= 15 is 0 Å². The fraction of sp³-hybridized carbons (Fsp3) is 0.435. The Morgan fingerprint density at radius 2 is 1.71 bits per heavy atom. The second-order valence-corrected chi connectivity index (χ2v) is 7.09. The number of aliphatic hydroxyl groups is 1. The third-order valence-electron chi connectivity index (χ3n) is 4.99. The van der Waals surface area contributed by atoms with E-state index < -0.39 is 0 Å². The molecule has 0 bridgehead atoms. The molecule has 1 saturated carbocycles. The van der Waals surface area contributed by atoms with Gasteiger partial charge in [-0.25, -0.2) is 4.79 Å². The quantitative estimate of drug-likeness (QED) is 0.514. The topological polar surface area (TPSA) is 65.0 Å². The van der Waals surface area contributed by atoms with Gasteiger partial charge in [-0.15, -0.1) is 0 Å². The van der Waals surface area contributed by atoms with Crippen molar-refractivity contribution in [1.29, 1.82) is 0 Å². The number of hydrogen-bond donors (Lipinski definition) is 1. The second-order valence-electron chi connectivity index (χ2n) is 7.09. The summed E-state index contributed by atoms with van der Waals surface area (Å²) in [5.41, 5.74) is 1.000. The van der Waals surface area contributed by atoms with Crippen LogP contribution in [-0.4, -0.2) is 30.9 Å². The van der Waals surface area contributed by atoms with Crippen LogP contribution >= 0.6 is 0 Å². The molecular weight excluding hydrogens is 356 g/mol. The first kappa shape index (κ1) is 20.2. The first-order valence-electron chi connectivity index (χ1n) is 9.98. The van der Waals surface area contributed by atoms with Gasteiger partial charge in [0.05, 0.1) is 18.8 Å². The van der Waals surface area contributed by atoms with E-state index in [1.165, 1.54) is 19.3 Å². The lowest BCUT2D eigenvalue weighted by Gasteiger charge is -2.21. The number of esters is 1. The third kappa shape index (κ3) is 5.99. The maximum atomic E-state index is 12.3. The second kappa shape index (κ2) is 10.7. The van der Waals surface area contributed by atoms with Crippen LogP contribution in [0.5, 0.6) is 11.5 Å². The maximum Gasteiger partial charge on any atom is 0.338 e. The Labute approximate surface area is 166 Å². The molecule has 3 rings (SSSR count). The lowest BCUT2D eigenvalue weighted by Crippen LogP contribution is -2.17. The summed E-state index contributed by atoms with van der Waals surface area (Å²) < 4.78 is 16.8. The van der Waals surface area contributed by atoms with E-state index in [-0.39, 0.29) is 12.6 Å². The van der Waals surface area contributed by atoms with Crippen molar-refractivity contribution >= 4 is 5.97 Å². The molecule has 0 amide bonds. The highest BCUT2D eigenvalue weighted by atomic mass is 16.5. The number of benzene rings is 2. The van der Waals surface area contributed by atoms with Gasteiger partial charge in [-0.2, -0.15) is 0 Å². The van der Waals surface area contributed by atoms with Gasteiger partial charge in [-0.05, 0) is 49.1 Å². The fourth-order valence-corrected chi connectivity index (χ4v) is 3.43. The van der Waals surface area contributed by atoms with Gasteiger partial charge in [-0.3, -0.25) is 0 Å². The summed E-state index contributed by atoms with van der Waals surface area (Å²) in [6, 6.07) is 14.5. The van der Waals surface area contributed by atoms with E-state index in [1.807, 2.05) is 30.3 Å². The molecule has 0 unspecified atom stereocenters. The normalized spacial score (nSPS) is 14.5. The number of hydrogen-bond acceptors (Lipinski definition) is 5. The van der Waals surface area contributed by atoms with Gasteiger partial charge in [0.15, 0.2) is 0 Å². The van der Waals surface area contributed by atoms with Crippen LogP contribution in [0.1, 0.15) is 48.0 Å². The molecule has 5 nitrogen and oxygen atoms in total. The zero-order valence-electron chi connectivity index (χ0n) is 16.1. The van der Waals surface area contributed by atoms with Gasteiger partial charge < -0.3 is 19.3 Å². The molecule has 0 aliphatic heterocycles. The highest BCUT2D eigenvalue weighted by Crippen LogP contribution is 2.25. The predicted octanol–water partition coefficient (Wildman–Crippen LogP) is 4.37. The zero-order chi connectivity index (χ0) is 19.6. The fourth-order valence-electron chi connectivity index (χ4n) is 3.43. The van der Waals surface area contributed by atoms with Crippen LogP contribution in [0.3, 0.4) is 0 Å². The molecule has 0 spiro atoms. The van der Waals surface area contributed by atoms with E-state index in [1.54, 1.807) is 18.2 Å². The van der Waals surface area contributed by atoms with E-state index in [0.717, 1.165) is 18.6 Å². The molecule has 150 valence electrons. The highest BCUT2D eigenvalue weighted by molar-refractivity contribution is 5.89. The number of aliphatic hydroxyl groups excluding tert-OH is 1. The van der Waals surface area contributed by atoms with E-state index in [4.69, 9.17) is 14.2 Å². The predicted molar refractivity (Wildman–Crippen MR) is 107 cm³/mol. The molecule has 0 radical (unpaired) electrons. The van der Waals surface area contributed by atoms with Crippen molar-refractivity contribution in [3.8, 4) is 11.5 Å². The van der Waals surface area contributed by atoms with Crippen LogP contribution in [0, 0.1) is 5.92 Å². The third-order valence-corrected chi connectivity index (χ3v) is 4.99. The van der Waals surface area contributed by atoms with Gasteiger partial charge >= 0.3 is 5.97 Å². The van der Waals surface area contributed by atoms with Crippen molar-refractivity contribution in [3.63, 3.8) is 0 Å². The van der Waals surface area contributed by atoms with Crippen LogP contribution in [0.4, 0.5) is 0 Å². The SMILES string of the molecule is O=C(OCC1CCCCC1)c1ccc(OCCOc2ccccc2)c(CO)c1. The molecule has 2 aromatic rings. The van der Waals surface area contributed by atoms with Crippen molar-refractivity contribution < 1.29 is 24.1 Å². The number of carbonyl (C=O) groups is 1. The van der Waals surface area contributed by atoms with Gasteiger partial charge in [0, 0.05) is 5.56 Å².